The van der Waals surface area contributed by atoms with E-state index in [4.69, 9.17) is 4.52 Å². The van der Waals surface area contributed by atoms with Crippen LogP contribution in [0.5, 0.6) is 0 Å². The van der Waals surface area contributed by atoms with Gasteiger partial charge in [0.05, 0.1) is 5.69 Å². The maximum atomic E-state index is 5.36. The minimum atomic E-state index is 0. The van der Waals surface area contributed by atoms with E-state index >= 15 is 0 Å². The van der Waals surface area contributed by atoms with Gasteiger partial charge in [-0.15, -0.1) is 12.4 Å². The average Bonchev–Trinajstić information content (AvgIpc) is 2.62. The van der Waals surface area contributed by atoms with E-state index < -0.39 is 0 Å². The van der Waals surface area contributed by atoms with Crippen molar-refractivity contribution >= 4 is 12.4 Å². The van der Waals surface area contributed by atoms with Crippen LogP contribution in [0.3, 0.4) is 0 Å². The van der Waals surface area contributed by atoms with Gasteiger partial charge in [-0.2, -0.15) is 0 Å². The highest BCUT2D eigenvalue weighted by Crippen LogP contribution is 2.26. The third kappa shape index (κ3) is 4.14. The number of nitrogens with one attached hydrogen (secondary N) is 1. The Kier molecular flexibility index (Phi) is 6.05. The van der Waals surface area contributed by atoms with E-state index in [2.05, 4.69) is 44.2 Å². The maximum Gasteiger partial charge on any atom is 0.142 e. The predicted octanol–water partition coefficient (Wildman–Crippen LogP) is 3.11. The fraction of sp³-hybridized carbons (Fsp3) is 0.750. The molecule has 0 aromatic carbocycles. The van der Waals surface area contributed by atoms with Crippen LogP contribution in [0.4, 0.5) is 0 Å². The Balaban J connectivity index is 0.00000225. The summed E-state index contributed by atoms with van der Waals surface area (Å²) in [5.74, 6) is 1.42. The van der Waals surface area contributed by atoms with Gasteiger partial charge in [-0.3, -0.25) is 0 Å². The minimum absolute atomic E-state index is 0. The van der Waals surface area contributed by atoms with Crippen molar-refractivity contribution in [1.82, 2.24) is 10.5 Å². The summed E-state index contributed by atoms with van der Waals surface area (Å²) in [6.45, 7) is 9.60. The molecule has 1 heterocycles. The molecule has 1 atom stereocenters. The Morgan fingerprint density at radius 1 is 1.44 bits per heavy atom. The summed E-state index contributed by atoms with van der Waals surface area (Å²) in [6.07, 6.45) is 1.09. The van der Waals surface area contributed by atoms with Crippen molar-refractivity contribution < 1.29 is 4.52 Å². The first-order chi connectivity index (χ1) is 6.95. The van der Waals surface area contributed by atoms with E-state index in [1.54, 1.807) is 0 Å². The minimum Gasteiger partial charge on any atom is -0.361 e. The molecule has 1 rings (SSSR count). The summed E-state index contributed by atoms with van der Waals surface area (Å²) in [7, 11) is 1.97. The van der Waals surface area contributed by atoms with E-state index in [-0.39, 0.29) is 17.8 Å². The normalized spacial score (nSPS) is 13.3. The standard InChI is InChI=1S/C12H22N2O.ClH/c1-9(6-7-13-5)10-8-11(15-14-10)12(2,3)4;/h8-9,13H,6-7H2,1-5H3;1H. The second kappa shape index (κ2) is 6.26. The van der Waals surface area contributed by atoms with Gasteiger partial charge in [-0.05, 0) is 20.0 Å². The van der Waals surface area contributed by atoms with E-state index in [1.165, 1.54) is 0 Å². The smallest absolute Gasteiger partial charge is 0.142 e. The van der Waals surface area contributed by atoms with Gasteiger partial charge in [0.2, 0.25) is 0 Å². The van der Waals surface area contributed by atoms with Gasteiger partial charge in [0, 0.05) is 17.4 Å². The highest BCUT2D eigenvalue weighted by atomic mass is 35.5. The molecule has 94 valence electrons. The van der Waals surface area contributed by atoms with Gasteiger partial charge >= 0.3 is 0 Å². The van der Waals surface area contributed by atoms with Crippen molar-refractivity contribution in [2.45, 2.75) is 45.4 Å². The lowest BCUT2D eigenvalue weighted by atomic mass is 9.92. The monoisotopic (exact) mass is 246 g/mol. The molecule has 0 aliphatic rings. The molecule has 0 bridgehead atoms. The molecule has 1 aromatic heterocycles. The predicted molar refractivity (Wildman–Crippen MR) is 69.4 cm³/mol. The zero-order chi connectivity index (χ0) is 11.5. The van der Waals surface area contributed by atoms with Gasteiger partial charge < -0.3 is 9.84 Å². The van der Waals surface area contributed by atoms with Crippen LogP contribution < -0.4 is 5.32 Å². The Labute approximate surface area is 104 Å². The van der Waals surface area contributed by atoms with E-state index in [9.17, 15) is 0 Å². The molecular formula is C12H23ClN2O. The second-order valence-electron chi connectivity index (χ2n) is 5.16. The molecule has 0 fully saturated rings. The number of hydrogen-bond acceptors (Lipinski definition) is 3. The fourth-order valence-electron chi connectivity index (χ4n) is 1.38. The van der Waals surface area contributed by atoms with Crippen molar-refractivity contribution in [3.05, 3.63) is 17.5 Å². The maximum absolute atomic E-state index is 5.36. The summed E-state index contributed by atoms with van der Waals surface area (Å²) < 4.78 is 5.36. The molecule has 0 aliphatic carbocycles. The Morgan fingerprint density at radius 2 is 2.06 bits per heavy atom. The molecule has 0 saturated heterocycles. The summed E-state index contributed by atoms with van der Waals surface area (Å²) in [6, 6.07) is 2.08. The first-order valence-corrected chi connectivity index (χ1v) is 5.57. The van der Waals surface area contributed by atoms with Crippen LogP contribution in [0.1, 0.15) is 51.5 Å². The molecule has 0 radical (unpaired) electrons. The molecule has 0 aliphatic heterocycles. The first-order valence-electron chi connectivity index (χ1n) is 5.57. The van der Waals surface area contributed by atoms with E-state index in [0.29, 0.717) is 5.92 Å². The molecule has 1 aromatic rings. The van der Waals surface area contributed by atoms with Crippen molar-refractivity contribution in [3.63, 3.8) is 0 Å². The fourth-order valence-corrected chi connectivity index (χ4v) is 1.38. The number of halogens is 1. The highest BCUT2D eigenvalue weighted by Gasteiger charge is 2.21. The number of nitrogens with zero attached hydrogens (tertiary/aromatic N) is 1. The Bertz CT molecular complexity index is 304. The summed E-state index contributed by atoms with van der Waals surface area (Å²) in [5.41, 5.74) is 1.11. The van der Waals surface area contributed by atoms with Gasteiger partial charge in [0.25, 0.3) is 0 Å². The van der Waals surface area contributed by atoms with Gasteiger partial charge in [-0.1, -0.05) is 32.9 Å². The van der Waals surface area contributed by atoms with Crippen LogP contribution in [0.2, 0.25) is 0 Å². The van der Waals surface area contributed by atoms with E-state index in [1.807, 2.05) is 7.05 Å². The molecule has 3 nitrogen and oxygen atoms in total. The van der Waals surface area contributed by atoms with Crippen LogP contribution in [-0.2, 0) is 5.41 Å². The molecule has 1 N–H and O–H groups in total. The largest absolute Gasteiger partial charge is 0.361 e. The number of hydrogen-bond donors (Lipinski definition) is 1. The average molecular weight is 247 g/mol. The molecule has 0 amide bonds. The Morgan fingerprint density at radius 3 is 2.50 bits per heavy atom. The second-order valence-corrected chi connectivity index (χ2v) is 5.16. The molecule has 16 heavy (non-hydrogen) atoms. The molecule has 0 saturated carbocycles. The first kappa shape index (κ1) is 15.5. The SMILES string of the molecule is CNCCC(C)c1cc(C(C)(C)C)on1.Cl. The van der Waals surface area contributed by atoms with Crippen LogP contribution in [0.15, 0.2) is 10.6 Å². The van der Waals surface area contributed by atoms with E-state index in [0.717, 1.165) is 24.4 Å². The third-order valence-electron chi connectivity index (χ3n) is 2.60. The molecule has 4 heteroatoms. The zero-order valence-electron chi connectivity index (χ0n) is 10.8. The number of rotatable bonds is 4. The van der Waals surface area contributed by atoms with Crippen LogP contribution >= 0.6 is 12.4 Å². The van der Waals surface area contributed by atoms with Crippen molar-refractivity contribution in [2.75, 3.05) is 13.6 Å². The quantitative estimate of drug-likeness (QED) is 0.887. The van der Waals surface area contributed by atoms with Crippen molar-refractivity contribution in [3.8, 4) is 0 Å². The lowest BCUT2D eigenvalue weighted by Gasteiger charge is -2.12. The van der Waals surface area contributed by atoms with Gasteiger partial charge in [0.1, 0.15) is 5.76 Å². The van der Waals surface area contributed by atoms with Gasteiger partial charge in [-0.25, -0.2) is 0 Å². The highest BCUT2D eigenvalue weighted by molar-refractivity contribution is 5.85. The zero-order valence-corrected chi connectivity index (χ0v) is 11.6. The lowest BCUT2D eigenvalue weighted by molar-refractivity contribution is 0.323. The molecule has 0 spiro atoms. The lowest BCUT2D eigenvalue weighted by Crippen LogP contribution is -2.11. The Hall–Kier alpha value is -0.540. The van der Waals surface area contributed by atoms with Gasteiger partial charge in [0.15, 0.2) is 0 Å². The van der Waals surface area contributed by atoms with Crippen LogP contribution in [0.25, 0.3) is 0 Å². The summed E-state index contributed by atoms with van der Waals surface area (Å²) in [4.78, 5) is 0. The molecule has 1 unspecified atom stereocenters. The van der Waals surface area contributed by atoms with Crippen LogP contribution in [-0.4, -0.2) is 18.7 Å². The third-order valence-corrected chi connectivity index (χ3v) is 2.60. The summed E-state index contributed by atoms with van der Waals surface area (Å²) in [5, 5.41) is 7.28. The summed E-state index contributed by atoms with van der Waals surface area (Å²) >= 11 is 0. The van der Waals surface area contributed by atoms with Crippen molar-refractivity contribution in [2.24, 2.45) is 0 Å². The van der Waals surface area contributed by atoms with Crippen molar-refractivity contribution in [1.29, 1.82) is 0 Å². The topological polar surface area (TPSA) is 38.1 Å². The molecular weight excluding hydrogens is 224 g/mol. The number of aromatic nitrogens is 1. The van der Waals surface area contributed by atoms with Crippen LogP contribution in [0, 0.1) is 0 Å².